The number of sulfone groups is 1. The van der Waals surface area contributed by atoms with Crippen LogP contribution in [0.3, 0.4) is 0 Å². The van der Waals surface area contributed by atoms with Crippen molar-refractivity contribution in [2.24, 2.45) is 5.73 Å². The Labute approximate surface area is 210 Å². The molecule has 1 amide bonds. The first-order valence-electron chi connectivity index (χ1n) is 10.1. The molecule has 0 bridgehead atoms. The van der Waals surface area contributed by atoms with Crippen molar-refractivity contribution < 1.29 is 27.9 Å². The number of anilines is 1. The van der Waals surface area contributed by atoms with Gasteiger partial charge in [-0.15, -0.1) is 23.1 Å². The number of aliphatic carboxylic acids is 1. The number of thiophene rings is 1. The molecule has 2 aromatic carbocycles. The van der Waals surface area contributed by atoms with Crippen molar-refractivity contribution in [1.82, 2.24) is 0 Å². The van der Waals surface area contributed by atoms with Crippen LogP contribution in [0.15, 0.2) is 62.5 Å². The van der Waals surface area contributed by atoms with Crippen LogP contribution in [0.2, 0.25) is 0 Å². The molecule has 0 saturated carbocycles. The van der Waals surface area contributed by atoms with Crippen LogP contribution in [0, 0.1) is 12.3 Å². The Bertz CT molecular complexity index is 1400. The number of ether oxygens (including phenoxy) is 1. The number of rotatable bonds is 10. The molecule has 3 rings (SSSR count). The van der Waals surface area contributed by atoms with E-state index in [4.69, 9.17) is 21.0 Å². The second-order valence-electron chi connectivity index (χ2n) is 7.34. The molecule has 0 atom stereocenters. The van der Waals surface area contributed by atoms with E-state index >= 15 is 0 Å². The van der Waals surface area contributed by atoms with Crippen LogP contribution in [0.4, 0.5) is 5.69 Å². The molecule has 12 heteroatoms. The summed E-state index contributed by atoms with van der Waals surface area (Å²) in [6.07, 6.45) is 1.76. The number of benzene rings is 2. The summed E-state index contributed by atoms with van der Waals surface area (Å²) in [4.78, 5) is 23.4. The zero-order valence-corrected chi connectivity index (χ0v) is 21.3. The fourth-order valence-electron chi connectivity index (χ4n) is 3.34. The van der Waals surface area contributed by atoms with Crippen molar-refractivity contribution in [3.05, 3.63) is 59.0 Å². The predicted molar refractivity (Wildman–Crippen MR) is 136 cm³/mol. The summed E-state index contributed by atoms with van der Waals surface area (Å²) >= 11 is 2.41. The van der Waals surface area contributed by atoms with Gasteiger partial charge in [0.2, 0.25) is 15.7 Å². The quantitative estimate of drug-likeness (QED) is 0.175. The van der Waals surface area contributed by atoms with Gasteiger partial charge in [-0.1, -0.05) is 24.3 Å². The minimum absolute atomic E-state index is 0.0588. The van der Waals surface area contributed by atoms with Crippen LogP contribution in [-0.4, -0.2) is 50.7 Å². The summed E-state index contributed by atoms with van der Waals surface area (Å²) in [5.74, 6) is -1.92. The van der Waals surface area contributed by atoms with Gasteiger partial charge >= 0.3 is 5.97 Å². The minimum atomic E-state index is -3.92. The van der Waals surface area contributed by atoms with Gasteiger partial charge in [0, 0.05) is 11.3 Å². The number of amides is 1. The fraction of sp³-hybridized carbons (Fsp3) is 0.174. The molecule has 0 spiro atoms. The predicted octanol–water partition coefficient (Wildman–Crippen LogP) is 3.60. The van der Waals surface area contributed by atoms with Crippen molar-refractivity contribution in [2.45, 2.75) is 20.9 Å². The molecule has 0 aliphatic carbocycles. The van der Waals surface area contributed by atoms with Crippen LogP contribution in [0.25, 0.3) is 11.1 Å². The lowest BCUT2D eigenvalue weighted by molar-refractivity contribution is -0.143. The van der Waals surface area contributed by atoms with Gasteiger partial charge in [-0.2, -0.15) is 0 Å². The van der Waals surface area contributed by atoms with Crippen molar-refractivity contribution in [2.75, 3.05) is 24.8 Å². The number of carboxylic acid groups (broad SMARTS) is 1. The molecule has 3 aromatic rings. The summed E-state index contributed by atoms with van der Waals surface area (Å²) in [6.45, 7) is 0.791. The van der Waals surface area contributed by atoms with Crippen LogP contribution in [-0.2, 0) is 24.2 Å². The Morgan fingerprint density at radius 3 is 2.54 bits per heavy atom. The largest absolute Gasteiger partial charge is 0.480 e. The zero-order valence-electron chi connectivity index (χ0n) is 18.8. The minimum Gasteiger partial charge on any atom is -0.480 e. The number of nitrogens with two attached hydrogens (primary N) is 1. The van der Waals surface area contributed by atoms with Crippen LogP contribution >= 0.6 is 23.1 Å². The van der Waals surface area contributed by atoms with Gasteiger partial charge in [0.1, 0.15) is 19.0 Å². The number of thioether (sulfide) groups is 1. The number of nitrogen functional groups attached to an aromatic ring is 1. The third-order valence-corrected chi connectivity index (χ3v) is 9.18. The highest BCUT2D eigenvalue weighted by Crippen LogP contribution is 2.38. The molecule has 0 fully saturated rings. The number of hydrogen-bond donors (Lipinski definition) is 4. The second-order valence-corrected chi connectivity index (χ2v) is 11.4. The highest BCUT2D eigenvalue weighted by molar-refractivity contribution is 8.01. The van der Waals surface area contributed by atoms with Crippen LogP contribution < -0.4 is 11.1 Å². The maximum Gasteiger partial charge on any atom is 0.329 e. The number of carbonyl (C=O) groups is 2. The summed E-state index contributed by atoms with van der Waals surface area (Å²) in [6, 6.07) is 13.0. The molecule has 0 radical (unpaired) electrons. The molecule has 9 nitrogen and oxygen atoms in total. The molecule has 1 aromatic heterocycles. The molecule has 5 N–H and O–H groups in total. The van der Waals surface area contributed by atoms with Crippen molar-refractivity contribution >= 4 is 56.3 Å². The van der Waals surface area contributed by atoms with E-state index in [9.17, 15) is 18.0 Å². The van der Waals surface area contributed by atoms with Crippen molar-refractivity contribution in [3.63, 3.8) is 0 Å². The Morgan fingerprint density at radius 2 is 1.89 bits per heavy atom. The van der Waals surface area contributed by atoms with E-state index in [0.717, 1.165) is 16.9 Å². The molecule has 184 valence electrons. The van der Waals surface area contributed by atoms with Gasteiger partial charge in [0.25, 0.3) is 0 Å². The average molecular weight is 534 g/mol. The molecular weight excluding hydrogens is 510 g/mol. The first-order chi connectivity index (χ1) is 16.5. The first kappa shape index (κ1) is 26.4. The van der Waals surface area contributed by atoms with E-state index in [1.54, 1.807) is 30.5 Å². The van der Waals surface area contributed by atoms with Gasteiger partial charge < -0.3 is 20.9 Å². The van der Waals surface area contributed by atoms with E-state index in [1.807, 2.05) is 13.0 Å². The van der Waals surface area contributed by atoms with Crippen molar-refractivity contribution in [3.8, 4) is 11.1 Å². The van der Waals surface area contributed by atoms with Gasteiger partial charge in [-0.05, 0) is 48.6 Å². The highest BCUT2D eigenvalue weighted by atomic mass is 32.2. The summed E-state index contributed by atoms with van der Waals surface area (Å²) in [5, 5.41) is 19.0. The molecular formula is C23H23N3O6S3. The van der Waals surface area contributed by atoms with Crippen LogP contribution in [0.5, 0.6) is 0 Å². The molecule has 0 unspecified atom stereocenters. The van der Waals surface area contributed by atoms with E-state index in [1.165, 1.54) is 30.0 Å². The number of hydrogen-bond acceptors (Lipinski definition) is 8. The van der Waals surface area contributed by atoms with E-state index in [-0.39, 0.29) is 15.6 Å². The first-order valence-corrected chi connectivity index (χ1v) is 13.6. The van der Waals surface area contributed by atoms with Crippen molar-refractivity contribution in [1.29, 1.82) is 5.41 Å². The van der Waals surface area contributed by atoms with Gasteiger partial charge in [0.05, 0.1) is 18.9 Å². The number of nitrogens with one attached hydrogen (secondary N) is 2. The third kappa shape index (κ3) is 6.09. The summed E-state index contributed by atoms with van der Waals surface area (Å²) in [7, 11) is -3.92. The number of carboxylic acids is 1. The Hall–Kier alpha value is -3.19. The smallest absolute Gasteiger partial charge is 0.329 e. The number of amidine groups is 1. The van der Waals surface area contributed by atoms with Gasteiger partial charge in [0.15, 0.2) is 0 Å². The lowest BCUT2D eigenvalue weighted by atomic mass is 9.98. The average Bonchev–Trinajstić information content (AvgIpc) is 3.25. The van der Waals surface area contributed by atoms with Gasteiger partial charge in [-0.25, -0.2) is 13.2 Å². The maximum atomic E-state index is 13.5. The normalized spacial score (nSPS) is 11.3. The monoisotopic (exact) mass is 533 g/mol. The topological polar surface area (TPSA) is 160 Å². The van der Waals surface area contributed by atoms with E-state index in [0.29, 0.717) is 25.9 Å². The molecule has 0 saturated heterocycles. The molecule has 0 aliphatic rings. The Balaban J connectivity index is 2.00. The Kier molecular flexibility index (Phi) is 8.33. The third-order valence-electron chi connectivity index (χ3n) is 4.84. The SMILES string of the molecule is CSc1sc(C(=N)N)cc1S(=O)(=O)c1cccc(-c2c(C)cccc2NC(=O)COCC(=O)O)c1. The lowest BCUT2D eigenvalue weighted by Crippen LogP contribution is -2.21. The van der Waals surface area contributed by atoms with E-state index in [2.05, 4.69) is 5.32 Å². The summed E-state index contributed by atoms with van der Waals surface area (Å²) < 4.78 is 32.4. The lowest BCUT2D eigenvalue weighted by Gasteiger charge is -2.15. The fourth-order valence-corrected chi connectivity index (χ4v) is 7.24. The molecule has 0 aliphatic heterocycles. The summed E-state index contributed by atoms with van der Waals surface area (Å²) in [5.41, 5.74) is 7.99. The highest BCUT2D eigenvalue weighted by Gasteiger charge is 2.25. The number of aryl methyl sites for hydroxylation is 1. The van der Waals surface area contributed by atoms with Gasteiger partial charge in [-0.3, -0.25) is 10.2 Å². The van der Waals surface area contributed by atoms with E-state index < -0.39 is 34.9 Å². The molecule has 35 heavy (non-hydrogen) atoms. The zero-order chi connectivity index (χ0) is 25.8. The Morgan fingerprint density at radius 1 is 1.17 bits per heavy atom. The standard InChI is InChI=1S/C23H23N3O6S3/c1-13-5-3-8-16(26-19(27)11-32-12-20(28)29)21(13)14-6-4-7-15(9-14)35(30,31)18-10-17(22(24)25)34-23(18)33-2/h3-10H,11-12H2,1-2H3,(H3,24,25)(H,26,27)(H,28,29). The second kappa shape index (κ2) is 11.0. The molecule has 1 heterocycles. The maximum absolute atomic E-state index is 13.5. The van der Waals surface area contributed by atoms with Crippen LogP contribution in [0.1, 0.15) is 10.4 Å². The number of carbonyl (C=O) groups excluding carboxylic acids is 1.